The fraction of sp³-hybridized carbons (Fsp3) is 0. The molecule has 0 radical (unpaired) electrons. The highest BCUT2D eigenvalue weighted by Crippen LogP contribution is 2.44. The van der Waals surface area contributed by atoms with Crippen molar-refractivity contribution >= 4 is 92.1 Å². The fourth-order valence-electron chi connectivity index (χ4n) is 8.98. The van der Waals surface area contributed by atoms with Crippen LogP contribution in [0.15, 0.2) is 217 Å². The second kappa shape index (κ2) is 13.6. The number of benzene rings is 10. The van der Waals surface area contributed by atoms with Gasteiger partial charge in [0, 0.05) is 53.3 Å². The molecular weight excluding hydrogens is 735 g/mol. The van der Waals surface area contributed by atoms with Gasteiger partial charge in [-0.2, -0.15) is 0 Å². The van der Waals surface area contributed by atoms with Crippen LogP contribution in [0.4, 0.5) is 17.1 Å². The summed E-state index contributed by atoms with van der Waals surface area (Å²) >= 11 is 1.86. The first kappa shape index (κ1) is 33.7. The van der Waals surface area contributed by atoms with E-state index in [9.17, 15) is 0 Å². The molecule has 0 saturated carbocycles. The first-order valence-corrected chi connectivity index (χ1v) is 20.9. The molecule has 276 valence electrons. The van der Waals surface area contributed by atoms with Crippen molar-refractivity contribution in [1.82, 2.24) is 0 Å². The second-order valence-corrected chi connectivity index (χ2v) is 16.3. The smallest absolute Gasteiger partial charge is 0.143 e. The van der Waals surface area contributed by atoms with Crippen molar-refractivity contribution in [3.05, 3.63) is 212 Å². The number of furan rings is 1. The third-order valence-electron chi connectivity index (χ3n) is 11.9. The van der Waals surface area contributed by atoms with Crippen molar-refractivity contribution < 1.29 is 4.42 Å². The Kier molecular flexibility index (Phi) is 7.75. The normalized spacial score (nSPS) is 11.7. The van der Waals surface area contributed by atoms with Gasteiger partial charge < -0.3 is 9.32 Å². The zero-order valence-corrected chi connectivity index (χ0v) is 32.8. The molecule has 0 aliphatic carbocycles. The van der Waals surface area contributed by atoms with Gasteiger partial charge in [-0.3, -0.25) is 0 Å². The van der Waals surface area contributed by atoms with Crippen molar-refractivity contribution in [2.75, 3.05) is 4.90 Å². The summed E-state index contributed by atoms with van der Waals surface area (Å²) in [6.45, 7) is 0. The van der Waals surface area contributed by atoms with Crippen LogP contribution < -0.4 is 4.90 Å². The Bertz CT molecular complexity index is 3540. The molecule has 0 N–H and O–H groups in total. The van der Waals surface area contributed by atoms with Gasteiger partial charge >= 0.3 is 0 Å². The van der Waals surface area contributed by atoms with Crippen LogP contribution in [-0.2, 0) is 0 Å². The monoisotopic (exact) mass is 769 g/mol. The van der Waals surface area contributed by atoms with Crippen molar-refractivity contribution in [2.24, 2.45) is 0 Å². The molecule has 2 heterocycles. The minimum atomic E-state index is 0.894. The second-order valence-electron chi connectivity index (χ2n) is 15.3. The van der Waals surface area contributed by atoms with Crippen molar-refractivity contribution in [3.63, 3.8) is 0 Å². The highest BCUT2D eigenvalue weighted by Gasteiger charge is 2.19. The Morgan fingerprint density at radius 1 is 0.339 bits per heavy atom. The van der Waals surface area contributed by atoms with Crippen LogP contribution in [0, 0.1) is 0 Å². The maximum atomic E-state index is 6.50. The quantitative estimate of drug-likeness (QED) is 0.157. The van der Waals surface area contributed by atoms with Gasteiger partial charge in [-0.25, -0.2) is 0 Å². The molecule has 0 aliphatic heterocycles. The minimum absolute atomic E-state index is 0.894. The van der Waals surface area contributed by atoms with Gasteiger partial charge in [-0.05, 0) is 98.6 Å². The molecule has 12 aromatic rings. The predicted octanol–water partition coefficient (Wildman–Crippen LogP) is 16.7. The standard InChI is InChI=1S/C56H35NOS/c1-2-11-38(12-3-1)45-18-10-19-50-51-33-39(26-32-53(51)58-56(45)50)36-21-27-42(28-22-36)57(52-34-41-13-4-5-14-44(41)46-15-6-7-16-47(46)52)43-29-23-37(24-30-43)40-25-31-49-48-17-8-9-20-54(48)59-55(49)35-40/h1-35H. The average molecular weight is 770 g/mol. The zero-order valence-electron chi connectivity index (χ0n) is 32.0. The lowest BCUT2D eigenvalue weighted by molar-refractivity contribution is 0.670. The fourth-order valence-corrected chi connectivity index (χ4v) is 10.1. The van der Waals surface area contributed by atoms with Crippen LogP contribution in [0.2, 0.25) is 0 Å². The molecule has 10 aromatic carbocycles. The molecule has 0 bridgehead atoms. The van der Waals surface area contributed by atoms with Gasteiger partial charge in [0.05, 0.1) is 5.69 Å². The van der Waals surface area contributed by atoms with E-state index in [2.05, 4.69) is 211 Å². The summed E-state index contributed by atoms with van der Waals surface area (Å²) in [5.74, 6) is 0. The number of nitrogens with zero attached hydrogens (tertiary/aromatic N) is 1. The molecule has 0 fully saturated rings. The van der Waals surface area contributed by atoms with Crippen LogP contribution in [0.5, 0.6) is 0 Å². The summed E-state index contributed by atoms with van der Waals surface area (Å²) in [6, 6.07) is 77.0. The lowest BCUT2D eigenvalue weighted by Crippen LogP contribution is -2.10. The topological polar surface area (TPSA) is 16.4 Å². The minimum Gasteiger partial charge on any atom is -0.455 e. The van der Waals surface area contributed by atoms with E-state index in [-0.39, 0.29) is 0 Å². The van der Waals surface area contributed by atoms with Gasteiger partial charge in [0.1, 0.15) is 11.2 Å². The Morgan fingerprint density at radius 3 is 1.71 bits per heavy atom. The molecule has 0 atom stereocenters. The highest BCUT2D eigenvalue weighted by molar-refractivity contribution is 7.25. The Hall–Kier alpha value is -7.46. The molecule has 0 unspecified atom stereocenters. The number of hydrogen-bond acceptors (Lipinski definition) is 3. The molecule has 0 spiro atoms. The third-order valence-corrected chi connectivity index (χ3v) is 13.0. The molecule has 2 aromatic heterocycles. The number of rotatable bonds is 6. The number of thiophene rings is 1. The van der Waals surface area contributed by atoms with Crippen LogP contribution in [0.25, 0.3) is 97.0 Å². The molecular formula is C56H35NOS. The average Bonchev–Trinajstić information content (AvgIpc) is 3.88. The van der Waals surface area contributed by atoms with Crippen LogP contribution in [0.3, 0.4) is 0 Å². The molecule has 0 saturated heterocycles. The number of para-hydroxylation sites is 1. The van der Waals surface area contributed by atoms with E-state index in [0.717, 1.165) is 61.3 Å². The largest absolute Gasteiger partial charge is 0.455 e. The van der Waals surface area contributed by atoms with Gasteiger partial charge in [-0.1, -0.05) is 158 Å². The Balaban J connectivity index is 0.963. The van der Waals surface area contributed by atoms with Gasteiger partial charge in [0.2, 0.25) is 0 Å². The number of hydrogen-bond donors (Lipinski definition) is 0. The summed E-state index contributed by atoms with van der Waals surface area (Å²) in [6.07, 6.45) is 0. The van der Waals surface area contributed by atoms with Crippen molar-refractivity contribution in [3.8, 4) is 33.4 Å². The van der Waals surface area contributed by atoms with Gasteiger partial charge in [0.25, 0.3) is 0 Å². The molecule has 0 aliphatic rings. The number of anilines is 3. The summed E-state index contributed by atoms with van der Waals surface area (Å²) in [7, 11) is 0. The van der Waals surface area contributed by atoms with E-state index >= 15 is 0 Å². The SMILES string of the molecule is c1ccc(-c2cccc3c2oc2ccc(-c4ccc(N(c5ccc(-c6ccc7c(c6)sc6ccccc67)cc5)c5cc6ccccc6c6ccccc56)cc4)cc23)cc1. The first-order valence-electron chi connectivity index (χ1n) is 20.1. The molecule has 59 heavy (non-hydrogen) atoms. The summed E-state index contributed by atoms with van der Waals surface area (Å²) in [5.41, 5.74) is 12.1. The maximum Gasteiger partial charge on any atom is 0.143 e. The first-order chi connectivity index (χ1) is 29.2. The third kappa shape index (κ3) is 5.62. The summed E-state index contributed by atoms with van der Waals surface area (Å²) < 4.78 is 9.14. The maximum absolute atomic E-state index is 6.50. The zero-order chi connectivity index (χ0) is 38.9. The predicted molar refractivity (Wildman–Crippen MR) is 253 cm³/mol. The molecule has 2 nitrogen and oxygen atoms in total. The number of fused-ring (bicyclic) bond motifs is 9. The Labute approximate surface area is 345 Å². The lowest BCUT2D eigenvalue weighted by Gasteiger charge is -2.28. The van der Waals surface area contributed by atoms with Crippen LogP contribution in [0.1, 0.15) is 0 Å². The highest BCUT2D eigenvalue weighted by atomic mass is 32.1. The summed E-state index contributed by atoms with van der Waals surface area (Å²) in [5, 5.41) is 9.81. The van der Waals surface area contributed by atoms with E-state index in [1.165, 1.54) is 52.8 Å². The lowest BCUT2D eigenvalue weighted by atomic mass is 9.98. The van der Waals surface area contributed by atoms with Crippen molar-refractivity contribution in [2.45, 2.75) is 0 Å². The van der Waals surface area contributed by atoms with Crippen LogP contribution >= 0.6 is 11.3 Å². The van der Waals surface area contributed by atoms with E-state index in [1.807, 2.05) is 17.4 Å². The van der Waals surface area contributed by atoms with Crippen LogP contribution in [-0.4, -0.2) is 0 Å². The van der Waals surface area contributed by atoms with E-state index in [4.69, 9.17) is 4.42 Å². The Morgan fingerprint density at radius 2 is 0.932 bits per heavy atom. The van der Waals surface area contributed by atoms with Crippen molar-refractivity contribution in [1.29, 1.82) is 0 Å². The van der Waals surface area contributed by atoms with E-state index < -0.39 is 0 Å². The summed E-state index contributed by atoms with van der Waals surface area (Å²) in [4.78, 5) is 2.41. The van der Waals surface area contributed by atoms with E-state index in [1.54, 1.807) is 0 Å². The van der Waals surface area contributed by atoms with E-state index in [0.29, 0.717) is 0 Å². The molecule has 3 heteroatoms. The van der Waals surface area contributed by atoms with Gasteiger partial charge in [-0.15, -0.1) is 11.3 Å². The molecule has 12 rings (SSSR count). The molecule has 0 amide bonds. The van der Waals surface area contributed by atoms with Gasteiger partial charge in [0.15, 0.2) is 0 Å².